The maximum Gasteiger partial charge on any atom is 0.123 e. The molecule has 2 aromatic rings. The number of nitrogens with zero attached hydrogens (tertiary/aromatic N) is 1. The minimum Gasteiger partial charge on any atom is -0.507 e. The Kier molecular flexibility index (Phi) is 6.73. The molecule has 2 aromatic carbocycles. The quantitative estimate of drug-likeness (QED) is 0.706. The van der Waals surface area contributed by atoms with Gasteiger partial charge in [-0.05, 0) is 43.8 Å². The Morgan fingerprint density at radius 2 is 1.76 bits per heavy atom. The Labute approximate surface area is 154 Å². The van der Waals surface area contributed by atoms with Crippen molar-refractivity contribution >= 4 is 11.6 Å². The lowest BCUT2D eigenvalue weighted by Gasteiger charge is -2.20. The number of phenolic OH excluding ortho intramolecular Hbond substituents is 1. The van der Waals surface area contributed by atoms with Crippen molar-refractivity contribution in [1.29, 1.82) is 0 Å². The maximum absolute atomic E-state index is 10.5. The number of benzene rings is 2. The SMILES string of the molecule is C=CCc1cc(OC)cc(CN(C)Cc2cc(Cl)ccc2OC)c1O. The van der Waals surface area contributed by atoms with E-state index >= 15 is 0 Å². The van der Waals surface area contributed by atoms with Gasteiger partial charge in [0.15, 0.2) is 0 Å². The molecule has 0 atom stereocenters. The zero-order valence-corrected chi connectivity index (χ0v) is 15.6. The minimum absolute atomic E-state index is 0.283. The molecule has 0 bridgehead atoms. The van der Waals surface area contributed by atoms with Crippen molar-refractivity contribution in [3.63, 3.8) is 0 Å². The first-order valence-electron chi connectivity index (χ1n) is 7.99. The average molecular weight is 362 g/mol. The Morgan fingerprint density at radius 3 is 2.40 bits per heavy atom. The number of halogens is 1. The first kappa shape index (κ1) is 19.2. The predicted octanol–water partition coefficient (Wildman–Crippen LogP) is 4.42. The molecule has 2 rings (SSSR count). The van der Waals surface area contributed by atoms with Gasteiger partial charge in [-0.1, -0.05) is 17.7 Å². The fourth-order valence-corrected chi connectivity index (χ4v) is 2.98. The number of rotatable bonds is 8. The van der Waals surface area contributed by atoms with Crippen molar-refractivity contribution in [2.75, 3.05) is 21.3 Å². The third-order valence-electron chi connectivity index (χ3n) is 3.96. The lowest BCUT2D eigenvalue weighted by atomic mass is 10.0. The highest BCUT2D eigenvalue weighted by Crippen LogP contribution is 2.31. The summed E-state index contributed by atoms with van der Waals surface area (Å²) in [5.41, 5.74) is 2.60. The molecule has 0 aliphatic carbocycles. The van der Waals surface area contributed by atoms with Crippen LogP contribution in [-0.2, 0) is 19.5 Å². The van der Waals surface area contributed by atoms with Crippen molar-refractivity contribution < 1.29 is 14.6 Å². The summed E-state index contributed by atoms with van der Waals surface area (Å²) in [5.74, 6) is 1.79. The van der Waals surface area contributed by atoms with E-state index in [1.807, 2.05) is 31.3 Å². The van der Waals surface area contributed by atoms with Crippen LogP contribution in [0.3, 0.4) is 0 Å². The molecule has 0 fully saturated rings. The molecule has 5 heteroatoms. The van der Waals surface area contributed by atoms with Crippen molar-refractivity contribution in [2.45, 2.75) is 19.5 Å². The number of aromatic hydroxyl groups is 1. The summed E-state index contributed by atoms with van der Waals surface area (Å²) in [7, 11) is 5.24. The van der Waals surface area contributed by atoms with Gasteiger partial charge in [0, 0.05) is 34.8 Å². The Balaban J connectivity index is 2.23. The lowest BCUT2D eigenvalue weighted by molar-refractivity contribution is 0.303. The third-order valence-corrected chi connectivity index (χ3v) is 4.20. The van der Waals surface area contributed by atoms with Gasteiger partial charge in [0.05, 0.1) is 14.2 Å². The van der Waals surface area contributed by atoms with Crippen LogP contribution in [-0.4, -0.2) is 31.3 Å². The molecule has 0 saturated heterocycles. The van der Waals surface area contributed by atoms with E-state index in [1.165, 1.54) is 0 Å². The van der Waals surface area contributed by atoms with E-state index in [9.17, 15) is 5.11 Å². The van der Waals surface area contributed by atoms with Crippen LogP contribution in [0, 0.1) is 0 Å². The smallest absolute Gasteiger partial charge is 0.123 e. The van der Waals surface area contributed by atoms with Gasteiger partial charge in [0.2, 0.25) is 0 Å². The molecular formula is C20H24ClNO3. The predicted molar refractivity (Wildman–Crippen MR) is 102 cm³/mol. The number of methoxy groups -OCH3 is 2. The molecular weight excluding hydrogens is 338 g/mol. The van der Waals surface area contributed by atoms with Crippen LogP contribution in [0.25, 0.3) is 0 Å². The number of hydrogen-bond donors (Lipinski definition) is 1. The van der Waals surface area contributed by atoms with Crippen LogP contribution in [0.1, 0.15) is 16.7 Å². The van der Waals surface area contributed by atoms with Gasteiger partial charge >= 0.3 is 0 Å². The number of ether oxygens (including phenoxy) is 2. The fraction of sp³-hybridized carbons (Fsp3) is 0.300. The summed E-state index contributed by atoms with van der Waals surface area (Å²) in [6.07, 6.45) is 2.35. The molecule has 0 aromatic heterocycles. The summed E-state index contributed by atoms with van der Waals surface area (Å²) >= 11 is 6.10. The average Bonchev–Trinajstić information content (AvgIpc) is 2.58. The molecule has 1 N–H and O–H groups in total. The maximum atomic E-state index is 10.5. The molecule has 0 amide bonds. The Morgan fingerprint density at radius 1 is 1.08 bits per heavy atom. The number of hydrogen-bond acceptors (Lipinski definition) is 4. The zero-order valence-electron chi connectivity index (χ0n) is 14.9. The minimum atomic E-state index is 0.283. The summed E-state index contributed by atoms with van der Waals surface area (Å²) in [6.45, 7) is 4.93. The second-order valence-corrected chi connectivity index (χ2v) is 6.35. The van der Waals surface area contributed by atoms with E-state index in [4.69, 9.17) is 21.1 Å². The van der Waals surface area contributed by atoms with Crippen molar-refractivity contribution in [3.05, 3.63) is 64.7 Å². The number of allylic oxidation sites excluding steroid dienone is 1. The summed E-state index contributed by atoms with van der Waals surface area (Å²) in [5, 5.41) is 11.2. The van der Waals surface area contributed by atoms with Crippen LogP contribution >= 0.6 is 11.6 Å². The normalized spacial score (nSPS) is 10.8. The van der Waals surface area contributed by atoms with Gasteiger partial charge in [-0.25, -0.2) is 0 Å². The highest BCUT2D eigenvalue weighted by Gasteiger charge is 2.13. The molecule has 0 spiro atoms. The topological polar surface area (TPSA) is 41.9 Å². The molecule has 0 saturated carbocycles. The number of phenols is 1. The van der Waals surface area contributed by atoms with Crippen LogP contribution in [0.15, 0.2) is 43.0 Å². The van der Waals surface area contributed by atoms with E-state index in [2.05, 4.69) is 11.5 Å². The van der Waals surface area contributed by atoms with Gasteiger partial charge < -0.3 is 14.6 Å². The van der Waals surface area contributed by atoms with Gasteiger partial charge in [-0.15, -0.1) is 6.58 Å². The monoisotopic (exact) mass is 361 g/mol. The molecule has 4 nitrogen and oxygen atoms in total. The fourth-order valence-electron chi connectivity index (χ4n) is 2.79. The molecule has 0 heterocycles. The van der Waals surface area contributed by atoms with Gasteiger partial charge in [0.25, 0.3) is 0 Å². The molecule has 0 unspecified atom stereocenters. The van der Waals surface area contributed by atoms with Crippen LogP contribution in [0.5, 0.6) is 17.2 Å². The van der Waals surface area contributed by atoms with Crippen LogP contribution < -0.4 is 9.47 Å². The first-order valence-corrected chi connectivity index (χ1v) is 8.36. The first-order chi connectivity index (χ1) is 12.0. The van der Waals surface area contributed by atoms with E-state index < -0.39 is 0 Å². The van der Waals surface area contributed by atoms with Crippen molar-refractivity contribution in [1.82, 2.24) is 4.90 Å². The second-order valence-electron chi connectivity index (χ2n) is 5.92. The van der Waals surface area contributed by atoms with Crippen molar-refractivity contribution in [3.8, 4) is 17.2 Å². The lowest BCUT2D eigenvalue weighted by Crippen LogP contribution is -2.18. The van der Waals surface area contributed by atoms with E-state index in [0.29, 0.717) is 24.5 Å². The van der Waals surface area contributed by atoms with E-state index in [1.54, 1.807) is 26.4 Å². The summed E-state index contributed by atoms with van der Waals surface area (Å²) in [6, 6.07) is 9.25. The molecule has 0 aliphatic rings. The Hall–Kier alpha value is -2.17. The highest BCUT2D eigenvalue weighted by molar-refractivity contribution is 6.30. The van der Waals surface area contributed by atoms with Gasteiger partial charge in [-0.2, -0.15) is 0 Å². The van der Waals surface area contributed by atoms with Crippen molar-refractivity contribution in [2.24, 2.45) is 0 Å². The molecule has 25 heavy (non-hydrogen) atoms. The Bertz CT molecular complexity index is 746. The third kappa shape index (κ3) is 4.91. The van der Waals surface area contributed by atoms with Crippen LogP contribution in [0.4, 0.5) is 0 Å². The molecule has 0 aliphatic heterocycles. The zero-order chi connectivity index (χ0) is 18.4. The van der Waals surface area contributed by atoms with Crippen LogP contribution in [0.2, 0.25) is 5.02 Å². The largest absolute Gasteiger partial charge is 0.507 e. The highest BCUT2D eigenvalue weighted by atomic mass is 35.5. The molecule has 134 valence electrons. The van der Waals surface area contributed by atoms with Gasteiger partial charge in [-0.3, -0.25) is 4.90 Å². The summed E-state index contributed by atoms with van der Waals surface area (Å²) < 4.78 is 10.7. The van der Waals surface area contributed by atoms with E-state index in [0.717, 1.165) is 28.2 Å². The van der Waals surface area contributed by atoms with E-state index in [-0.39, 0.29) is 5.75 Å². The second kappa shape index (κ2) is 8.79. The standard InChI is InChI=1S/C20H24ClNO3/c1-5-6-14-10-18(24-3)11-16(20(14)23)13-22(2)12-15-9-17(21)7-8-19(15)25-4/h5,7-11,23H,1,6,12-13H2,2-4H3. The van der Waals surface area contributed by atoms with Gasteiger partial charge in [0.1, 0.15) is 17.2 Å². The molecule has 0 radical (unpaired) electrons. The summed E-state index contributed by atoms with van der Waals surface area (Å²) in [4.78, 5) is 2.08.